The van der Waals surface area contributed by atoms with E-state index in [4.69, 9.17) is 0 Å². The highest BCUT2D eigenvalue weighted by Gasteiger charge is 2.50. The van der Waals surface area contributed by atoms with Crippen LogP contribution >= 0.6 is 12.4 Å². The molecule has 29 heavy (non-hydrogen) atoms. The van der Waals surface area contributed by atoms with Crippen molar-refractivity contribution in [1.29, 1.82) is 0 Å². The van der Waals surface area contributed by atoms with Crippen LogP contribution in [-0.4, -0.2) is 51.3 Å². The lowest BCUT2D eigenvalue weighted by atomic mass is 9.77. The number of pyridine rings is 1. The molecule has 3 N–H and O–H groups in total. The second-order valence-corrected chi connectivity index (χ2v) is 7.42. The number of aliphatic hydroxyl groups excluding tert-OH is 1. The summed E-state index contributed by atoms with van der Waals surface area (Å²) >= 11 is 0. The number of aromatic nitrogens is 3. The zero-order chi connectivity index (χ0) is 20.5. The summed E-state index contributed by atoms with van der Waals surface area (Å²) in [5, 5.41) is 15.6. The van der Waals surface area contributed by atoms with Crippen molar-refractivity contribution in [3.05, 3.63) is 30.2 Å². The summed E-state index contributed by atoms with van der Waals surface area (Å²) in [5.74, 6) is -2.79. The molecule has 1 amide bonds. The number of alkyl halides is 3. The molecule has 0 saturated carbocycles. The SMILES string of the molecule is CC(C)[C@H](O)C(=O)N[C@]1(c2ccnc3nccnc23)CNC[C@@H](C(F)(F)F)C1.Cl. The van der Waals surface area contributed by atoms with Crippen LogP contribution in [0, 0.1) is 11.8 Å². The van der Waals surface area contributed by atoms with E-state index in [1.807, 2.05) is 0 Å². The van der Waals surface area contributed by atoms with Crippen LogP contribution in [0.25, 0.3) is 11.2 Å². The largest absolute Gasteiger partial charge is 0.393 e. The van der Waals surface area contributed by atoms with E-state index >= 15 is 0 Å². The zero-order valence-corrected chi connectivity index (χ0v) is 16.7. The lowest BCUT2D eigenvalue weighted by Gasteiger charge is -2.43. The van der Waals surface area contributed by atoms with Gasteiger partial charge in [0.1, 0.15) is 11.6 Å². The van der Waals surface area contributed by atoms with Gasteiger partial charge >= 0.3 is 6.18 Å². The number of carbonyl (C=O) groups excluding carboxylic acids is 1. The van der Waals surface area contributed by atoms with Crippen LogP contribution in [-0.2, 0) is 10.3 Å². The molecule has 0 spiro atoms. The molecule has 3 rings (SSSR count). The minimum absolute atomic E-state index is 0. The number of halogens is 4. The van der Waals surface area contributed by atoms with Crippen LogP contribution < -0.4 is 10.6 Å². The van der Waals surface area contributed by atoms with Crippen LogP contribution in [0.15, 0.2) is 24.7 Å². The molecule has 0 aromatic carbocycles. The highest BCUT2D eigenvalue weighted by atomic mass is 35.5. The van der Waals surface area contributed by atoms with Gasteiger partial charge in [0.2, 0.25) is 5.91 Å². The molecule has 7 nitrogen and oxygen atoms in total. The summed E-state index contributed by atoms with van der Waals surface area (Å²) in [5.41, 5.74) is -0.444. The first-order valence-corrected chi connectivity index (χ1v) is 8.98. The predicted molar refractivity (Wildman–Crippen MR) is 102 cm³/mol. The Bertz CT molecular complexity index is 862. The van der Waals surface area contributed by atoms with Gasteiger partial charge in [0.25, 0.3) is 0 Å². The molecule has 1 aliphatic rings. The first kappa shape index (κ1) is 23.2. The maximum absolute atomic E-state index is 13.5. The van der Waals surface area contributed by atoms with Crippen molar-refractivity contribution >= 4 is 29.5 Å². The van der Waals surface area contributed by atoms with Crippen LogP contribution in [0.3, 0.4) is 0 Å². The van der Waals surface area contributed by atoms with Crippen molar-refractivity contribution < 1.29 is 23.1 Å². The smallest absolute Gasteiger partial charge is 0.383 e. The molecule has 3 heterocycles. The summed E-state index contributed by atoms with van der Waals surface area (Å²) in [6.07, 6.45) is -1.88. The molecule has 1 saturated heterocycles. The molecule has 0 radical (unpaired) electrons. The number of nitrogens with one attached hydrogen (secondary N) is 2. The Morgan fingerprint density at radius 2 is 1.93 bits per heavy atom. The summed E-state index contributed by atoms with van der Waals surface area (Å²) < 4.78 is 40.5. The Balaban J connectivity index is 0.00000300. The number of hydrogen-bond acceptors (Lipinski definition) is 6. The minimum atomic E-state index is -4.44. The maximum Gasteiger partial charge on any atom is 0.393 e. The highest BCUT2D eigenvalue weighted by molar-refractivity contribution is 5.85. The van der Waals surface area contributed by atoms with Gasteiger partial charge in [-0.1, -0.05) is 13.8 Å². The van der Waals surface area contributed by atoms with E-state index < -0.39 is 29.6 Å². The molecule has 1 fully saturated rings. The van der Waals surface area contributed by atoms with E-state index in [2.05, 4.69) is 25.6 Å². The van der Waals surface area contributed by atoms with Gasteiger partial charge in [-0.25, -0.2) is 9.97 Å². The number of carbonyl (C=O) groups is 1. The van der Waals surface area contributed by atoms with Crippen LogP contribution in [0.1, 0.15) is 25.8 Å². The van der Waals surface area contributed by atoms with E-state index in [0.29, 0.717) is 11.1 Å². The van der Waals surface area contributed by atoms with Crippen LogP contribution in [0.2, 0.25) is 0 Å². The summed E-state index contributed by atoms with van der Waals surface area (Å²) in [6, 6.07) is 1.54. The van der Waals surface area contributed by atoms with E-state index in [9.17, 15) is 23.1 Å². The van der Waals surface area contributed by atoms with Gasteiger partial charge in [-0.3, -0.25) is 9.78 Å². The number of fused-ring (bicyclic) bond motifs is 1. The molecule has 0 bridgehead atoms. The Morgan fingerprint density at radius 1 is 1.28 bits per heavy atom. The zero-order valence-electron chi connectivity index (χ0n) is 15.9. The number of nitrogens with zero attached hydrogens (tertiary/aromatic N) is 3. The number of hydrogen-bond donors (Lipinski definition) is 3. The number of amides is 1. The van der Waals surface area contributed by atoms with Gasteiger partial charge in [0.05, 0.1) is 11.5 Å². The van der Waals surface area contributed by atoms with Crippen molar-refractivity contribution in [2.45, 2.75) is 38.1 Å². The van der Waals surface area contributed by atoms with Gasteiger partial charge < -0.3 is 15.7 Å². The third kappa shape index (κ3) is 4.76. The van der Waals surface area contributed by atoms with E-state index in [1.54, 1.807) is 19.9 Å². The summed E-state index contributed by atoms with van der Waals surface area (Å²) in [7, 11) is 0. The molecule has 1 aliphatic heterocycles. The van der Waals surface area contributed by atoms with Gasteiger partial charge in [-0.05, 0) is 18.4 Å². The van der Waals surface area contributed by atoms with Gasteiger partial charge in [0.15, 0.2) is 5.65 Å². The molecule has 0 aliphatic carbocycles. The molecular formula is C18H23ClF3N5O2. The molecule has 2 aromatic heterocycles. The number of aliphatic hydroxyl groups is 1. The van der Waals surface area contributed by atoms with Gasteiger partial charge in [-0.2, -0.15) is 13.2 Å². The number of rotatable bonds is 4. The van der Waals surface area contributed by atoms with Gasteiger partial charge in [-0.15, -0.1) is 12.4 Å². The second-order valence-electron chi connectivity index (χ2n) is 7.42. The third-order valence-corrected chi connectivity index (χ3v) is 5.03. The molecule has 160 valence electrons. The number of piperidine rings is 1. The first-order chi connectivity index (χ1) is 13.1. The van der Waals surface area contributed by atoms with Crippen LogP contribution in [0.5, 0.6) is 0 Å². The topological polar surface area (TPSA) is 100 Å². The molecular weight excluding hydrogens is 411 g/mol. The Morgan fingerprint density at radius 3 is 2.59 bits per heavy atom. The van der Waals surface area contributed by atoms with E-state index in [-0.39, 0.29) is 43.5 Å². The normalized spacial score (nSPS) is 23.5. The standard InChI is InChI=1S/C18H22F3N5O2.ClH/c1-10(2)14(27)16(28)26-17(7-11(8-22-9-17)18(19,20)21)12-3-4-24-15-13(12)23-5-6-25-15;/h3-6,10-11,14,22,27H,7-9H2,1-2H3,(H,26,28);1H/t11-,14-,17-;/m0./s1. The molecule has 11 heteroatoms. The molecule has 2 aromatic rings. The fourth-order valence-electron chi connectivity index (χ4n) is 3.50. The quantitative estimate of drug-likeness (QED) is 0.681. The average molecular weight is 434 g/mol. The van der Waals surface area contributed by atoms with Crippen molar-refractivity contribution in [3.8, 4) is 0 Å². The Labute approximate surface area is 171 Å². The average Bonchev–Trinajstić information content (AvgIpc) is 2.66. The van der Waals surface area contributed by atoms with Crippen molar-refractivity contribution in [1.82, 2.24) is 25.6 Å². The van der Waals surface area contributed by atoms with Crippen LogP contribution in [0.4, 0.5) is 13.2 Å². The third-order valence-electron chi connectivity index (χ3n) is 5.03. The second kappa shape index (κ2) is 8.76. The predicted octanol–water partition coefficient (Wildman–Crippen LogP) is 1.95. The first-order valence-electron chi connectivity index (χ1n) is 8.98. The summed E-state index contributed by atoms with van der Waals surface area (Å²) in [6.45, 7) is 3.12. The highest BCUT2D eigenvalue weighted by Crippen LogP contribution is 2.40. The lowest BCUT2D eigenvalue weighted by molar-refractivity contribution is -0.185. The maximum atomic E-state index is 13.5. The Kier molecular flexibility index (Phi) is 7.02. The lowest BCUT2D eigenvalue weighted by Crippen LogP contribution is -2.61. The van der Waals surface area contributed by atoms with E-state index in [0.717, 1.165) is 0 Å². The molecule has 3 atom stereocenters. The van der Waals surface area contributed by atoms with Crippen molar-refractivity contribution in [3.63, 3.8) is 0 Å². The monoisotopic (exact) mass is 433 g/mol. The van der Waals surface area contributed by atoms with Crippen molar-refractivity contribution in [2.24, 2.45) is 11.8 Å². The minimum Gasteiger partial charge on any atom is -0.383 e. The fourth-order valence-corrected chi connectivity index (χ4v) is 3.50. The van der Waals surface area contributed by atoms with E-state index in [1.165, 1.54) is 18.6 Å². The molecule has 0 unspecified atom stereocenters. The fraction of sp³-hybridized carbons (Fsp3) is 0.556. The Hall–Kier alpha value is -2.04. The van der Waals surface area contributed by atoms with Crippen molar-refractivity contribution in [2.75, 3.05) is 13.1 Å². The summed E-state index contributed by atoms with van der Waals surface area (Å²) in [4.78, 5) is 25.0. The van der Waals surface area contributed by atoms with Gasteiger partial charge in [0, 0.05) is 37.2 Å².